The van der Waals surface area contributed by atoms with Gasteiger partial charge in [0.25, 0.3) is 0 Å². The predicted molar refractivity (Wildman–Crippen MR) is 156 cm³/mol. The van der Waals surface area contributed by atoms with E-state index < -0.39 is 5.60 Å². The van der Waals surface area contributed by atoms with Crippen molar-refractivity contribution in [2.75, 3.05) is 5.73 Å². The average molecular weight is 491 g/mol. The fourth-order valence-electron chi connectivity index (χ4n) is 5.98. The lowest BCUT2D eigenvalue weighted by Crippen LogP contribution is -2.28. The van der Waals surface area contributed by atoms with Gasteiger partial charge in [0.1, 0.15) is 5.60 Å². The van der Waals surface area contributed by atoms with E-state index in [1.807, 2.05) is 72.8 Å². The van der Waals surface area contributed by atoms with E-state index in [1.54, 1.807) is 0 Å². The number of para-hydroxylation sites is 1. The Morgan fingerprint density at radius 2 is 1.32 bits per heavy atom. The Labute approximate surface area is 221 Å². The van der Waals surface area contributed by atoms with Crippen molar-refractivity contribution in [3.05, 3.63) is 144 Å². The zero-order valence-electron chi connectivity index (χ0n) is 21.0. The van der Waals surface area contributed by atoms with Gasteiger partial charge >= 0.3 is 0 Å². The molecule has 182 valence electrons. The van der Waals surface area contributed by atoms with E-state index >= 15 is 0 Å². The third-order valence-corrected chi connectivity index (χ3v) is 7.73. The monoisotopic (exact) mass is 490 g/mol. The van der Waals surface area contributed by atoms with Crippen molar-refractivity contribution in [2.24, 2.45) is 0 Å². The van der Waals surface area contributed by atoms with Gasteiger partial charge in [0, 0.05) is 38.9 Å². The maximum absolute atomic E-state index is 12.9. The molecule has 1 heterocycles. The van der Waals surface area contributed by atoms with E-state index in [0.717, 1.165) is 66.7 Å². The van der Waals surface area contributed by atoms with Gasteiger partial charge in [-0.15, -0.1) is 0 Å². The van der Waals surface area contributed by atoms with Crippen molar-refractivity contribution in [3.63, 3.8) is 0 Å². The van der Waals surface area contributed by atoms with Crippen LogP contribution in [0.5, 0.6) is 0 Å². The minimum Gasteiger partial charge on any atom is -0.398 e. The fourth-order valence-corrected chi connectivity index (χ4v) is 5.98. The summed E-state index contributed by atoms with van der Waals surface area (Å²) >= 11 is 0. The average Bonchev–Trinajstić information content (AvgIpc) is 3.23. The van der Waals surface area contributed by atoms with Crippen molar-refractivity contribution in [2.45, 2.75) is 12.5 Å². The van der Waals surface area contributed by atoms with E-state index in [1.165, 1.54) is 0 Å². The van der Waals surface area contributed by atoms with E-state index in [-0.39, 0.29) is 0 Å². The van der Waals surface area contributed by atoms with Gasteiger partial charge in [0.15, 0.2) is 0 Å². The number of benzene rings is 5. The molecule has 3 N–H and O–H groups in total. The normalized spacial score (nSPS) is 15.8. The lowest BCUT2D eigenvalue weighted by molar-refractivity contribution is 0.132. The topological polar surface area (TPSA) is 59.1 Å². The molecule has 1 aliphatic rings. The molecule has 0 amide bonds. The Balaban J connectivity index is 1.52. The lowest BCUT2D eigenvalue weighted by atomic mass is 9.79. The van der Waals surface area contributed by atoms with Crippen LogP contribution in [0.4, 0.5) is 5.69 Å². The number of anilines is 1. The highest BCUT2D eigenvalue weighted by atomic mass is 16.3. The molecule has 0 saturated carbocycles. The summed E-state index contributed by atoms with van der Waals surface area (Å²) in [6, 6.07) is 40.7. The molecule has 0 fully saturated rings. The molecule has 1 aliphatic carbocycles. The van der Waals surface area contributed by atoms with Gasteiger partial charge in [-0.3, -0.25) is 0 Å². The minimum absolute atomic E-state index is 0.591. The highest BCUT2D eigenvalue weighted by Gasteiger charge is 2.46. The van der Waals surface area contributed by atoms with Crippen molar-refractivity contribution < 1.29 is 5.11 Å². The summed E-state index contributed by atoms with van der Waals surface area (Å²) < 4.78 is 0. The summed E-state index contributed by atoms with van der Waals surface area (Å²) in [5.41, 5.74) is 16.1. The standard InChI is InChI=1S/C35H26N2O/c1-22-9-8-11-24(21-22)25-18-19-27-26-12-3-5-14-29(26)35(38,33(27)34(25)36)30-15-6-4-13-28(30)32-20-17-23-10-2-7-16-31(23)37-32/h2-21,38H,36H2,1H3. The molecular weight excluding hydrogens is 464 g/mol. The van der Waals surface area contributed by atoms with E-state index in [0.29, 0.717) is 5.69 Å². The number of nitrogens with two attached hydrogens (primary N) is 1. The van der Waals surface area contributed by atoms with Crippen LogP contribution in [0.15, 0.2) is 121 Å². The molecule has 0 aliphatic heterocycles. The Morgan fingerprint density at radius 3 is 2.13 bits per heavy atom. The fraction of sp³-hybridized carbons (Fsp3) is 0.0571. The number of nitrogen functional groups attached to an aromatic ring is 1. The number of hydrogen-bond donors (Lipinski definition) is 2. The smallest absolute Gasteiger partial charge is 0.144 e. The number of pyridine rings is 1. The Bertz CT molecular complexity index is 1870. The molecule has 3 heteroatoms. The van der Waals surface area contributed by atoms with Crippen molar-refractivity contribution in [3.8, 4) is 33.5 Å². The van der Waals surface area contributed by atoms with Crippen LogP contribution in [-0.4, -0.2) is 10.1 Å². The highest BCUT2D eigenvalue weighted by Crippen LogP contribution is 2.56. The van der Waals surface area contributed by atoms with E-state index in [9.17, 15) is 5.11 Å². The molecule has 0 saturated heterocycles. The first kappa shape index (κ1) is 22.5. The molecule has 0 spiro atoms. The third kappa shape index (κ3) is 3.22. The summed E-state index contributed by atoms with van der Waals surface area (Å²) in [7, 11) is 0. The van der Waals surface area contributed by atoms with Crippen LogP contribution in [0.25, 0.3) is 44.4 Å². The Kier molecular flexibility index (Phi) is 4.97. The molecular formula is C35H26N2O. The molecule has 1 unspecified atom stereocenters. The van der Waals surface area contributed by atoms with Crippen molar-refractivity contribution in [1.29, 1.82) is 0 Å². The quantitative estimate of drug-likeness (QED) is 0.250. The van der Waals surface area contributed by atoms with Crippen LogP contribution in [-0.2, 0) is 5.60 Å². The van der Waals surface area contributed by atoms with Gasteiger partial charge < -0.3 is 10.8 Å². The molecule has 7 rings (SSSR count). The molecule has 1 aromatic heterocycles. The number of nitrogens with zero attached hydrogens (tertiary/aromatic N) is 1. The summed E-state index contributed by atoms with van der Waals surface area (Å²) in [6.45, 7) is 2.08. The van der Waals surface area contributed by atoms with Gasteiger partial charge in [-0.2, -0.15) is 0 Å². The number of aliphatic hydroxyl groups is 1. The van der Waals surface area contributed by atoms with Crippen LogP contribution in [0.2, 0.25) is 0 Å². The van der Waals surface area contributed by atoms with Gasteiger partial charge in [-0.05, 0) is 35.7 Å². The van der Waals surface area contributed by atoms with Crippen molar-refractivity contribution in [1.82, 2.24) is 4.98 Å². The number of aromatic nitrogens is 1. The first-order chi connectivity index (χ1) is 18.6. The number of hydrogen-bond acceptors (Lipinski definition) is 3. The number of rotatable bonds is 3. The van der Waals surface area contributed by atoms with Crippen LogP contribution >= 0.6 is 0 Å². The third-order valence-electron chi connectivity index (χ3n) is 7.73. The first-order valence-electron chi connectivity index (χ1n) is 12.8. The predicted octanol–water partition coefficient (Wildman–Crippen LogP) is 7.72. The second-order valence-corrected chi connectivity index (χ2v) is 10.0. The van der Waals surface area contributed by atoms with E-state index in [2.05, 4.69) is 55.5 Å². The van der Waals surface area contributed by atoms with Gasteiger partial charge in [0.2, 0.25) is 0 Å². The molecule has 0 bridgehead atoms. The molecule has 1 atom stereocenters. The van der Waals surface area contributed by atoms with Crippen LogP contribution < -0.4 is 5.73 Å². The number of fused-ring (bicyclic) bond motifs is 4. The van der Waals surface area contributed by atoms with Gasteiger partial charge in [0.05, 0.1) is 11.2 Å². The summed E-state index contributed by atoms with van der Waals surface area (Å²) in [6.07, 6.45) is 0. The maximum atomic E-state index is 12.9. The molecule has 38 heavy (non-hydrogen) atoms. The molecule has 3 nitrogen and oxygen atoms in total. The minimum atomic E-state index is -1.44. The van der Waals surface area contributed by atoms with Gasteiger partial charge in [-0.1, -0.05) is 115 Å². The molecule has 5 aromatic carbocycles. The van der Waals surface area contributed by atoms with Crippen molar-refractivity contribution >= 4 is 16.6 Å². The van der Waals surface area contributed by atoms with Gasteiger partial charge in [-0.25, -0.2) is 4.98 Å². The Hall–Kier alpha value is -4.73. The van der Waals surface area contributed by atoms with Crippen LogP contribution in [0.3, 0.4) is 0 Å². The zero-order chi connectivity index (χ0) is 25.9. The zero-order valence-corrected chi connectivity index (χ0v) is 21.0. The lowest BCUT2D eigenvalue weighted by Gasteiger charge is -2.30. The van der Waals surface area contributed by atoms with Crippen LogP contribution in [0.1, 0.15) is 22.3 Å². The first-order valence-corrected chi connectivity index (χ1v) is 12.8. The summed E-state index contributed by atoms with van der Waals surface area (Å²) in [5, 5.41) is 14.0. The highest BCUT2D eigenvalue weighted by molar-refractivity contribution is 5.94. The second-order valence-electron chi connectivity index (χ2n) is 10.0. The second kappa shape index (κ2) is 8.41. The molecule has 6 aromatic rings. The Morgan fingerprint density at radius 1 is 0.632 bits per heavy atom. The van der Waals surface area contributed by atoms with E-state index in [4.69, 9.17) is 10.7 Å². The van der Waals surface area contributed by atoms with Crippen LogP contribution in [0, 0.1) is 6.92 Å². The summed E-state index contributed by atoms with van der Waals surface area (Å²) in [4.78, 5) is 4.98. The maximum Gasteiger partial charge on any atom is 0.144 e. The molecule has 0 radical (unpaired) electrons. The largest absolute Gasteiger partial charge is 0.398 e. The number of aryl methyl sites for hydroxylation is 1. The summed E-state index contributed by atoms with van der Waals surface area (Å²) in [5.74, 6) is 0. The SMILES string of the molecule is Cc1cccc(-c2ccc3c(c2N)C(O)(c2ccccc2-c2ccc4ccccc4n2)c2ccccc2-3)c1.